The van der Waals surface area contributed by atoms with Crippen LogP contribution < -0.4 is 5.32 Å². The Morgan fingerprint density at radius 2 is 2.00 bits per heavy atom. The highest BCUT2D eigenvalue weighted by molar-refractivity contribution is 5.52. The van der Waals surface area contributed by atoms with Gasteiger partial charge >= 0.3 is 0 Å². The molecule has 18 heavy (non-hydrogen) atoms. The van der Waals surface area contributed by atoms with Crippen molar-refractivity contribution in [2.24, 2.45) is 0 Å². The molecule has 1 N–H and O–H groups in total. The predicted molar refractivity (Wildman–Crippen MR) is 74.9 cm³/mol. The maximum absolute atomic E-state index is 10.4. The fourth-order valence-corrected chi connectivity index (χ4v) is 1.92. The van der Waals surface area contributed by atoms with Crippen LogP contribution in [0.1, 0.15) is 13.3 Å². The monoisotopic (exact) mass is 249 g/mol. The minimum atomic E-state index is 0.684. The number of carbonyl (C=O) groups excluding carboxylic acids is 1. The molecule has 0 unspecified atom stereocenters. The van der Waals surface area contributed by atoms with Gasteiger partial charge in [-0.25, -0.2) is 0 Å². The van der Waals surface area contributed by atoms with E-state index in [9.17, 15) is 4.79 Å². The van der Waals surface area contributed by atoms with Crippen molar-refractivity contribution in [1.29, 1.82) is 0 Å². The van der Waals surface area contributed by atoms with E-state index >= 15 is 0 Å². The third-order valence-electron chi connectivity index (χ3n) is 3.12. The van der Waals surface area contributed by atoms with Gasteiger partial charge in [-0.1, -0.05) is 12.7 Å². The molecule has 0 spiro atoms. The van der Waals surface area contributed by atoms with Crippen LogP contribution >= 0.6 is 0 Å². The highest BCUT2D eigenvalue weighted by atomic mass is 16.1. The van der Waals surface area contributed by atoms with Gasteiger partial charge in [0, 0.05) is 31.0 Å². The normalized spacial score (nSPS) is 18.8. The van der Waals surface area contributed by atoms with Crippen molar-refractivity contribution in [1.82, 2.24) is 15.1 Å². The lowest BCUT2D eigenvalue weighted by atomic mass is 10.3. The number of rotatable bonds is 5. The SMILES string of the molecule is C=C(/C=C\C(=C/C)NC=O)N1CCCN(C)CC1. The molecule has 0 aromatic carbocycles. The Morgan fingerprint density at radius 3 is 2.67 bits per heavy atom. The van der Waals surface area contributed by atoms with Crippen LogP contribution in [-0.4, -0.2) is 49.4 Å². The Kier molecular flexibility index (Phi) is 6.22. The zero-order valence-electron chi connectivity index (χ0n) is 11.4. The molecule has 4 heteroatoms. The lowest BCUT2D eigenvalue weighted by Gasteiger charge is -2.22. The number of likely N-dealkylation sites (N-methyl/N-ethyl adjacent to an activating group) is 1. The molecule has 1 amide bonds. The third kappa shape index (κ3) is 4.75. The van der Waals surface area contributed by atoms with Gasteiger partial charge in [0.15, 0.2) is 0 Å². The van der Waals surface area contributed by atoms with Gasteiger partial charge in [-0.2, -0.15) is 0 Å². The lowest BCUT2D eigenvalue weighted by molar-refractivity contribution is -0.108. The standard InChI is InChI=1S/C14H23N3O/c1-4-14(15-12-18)7-6-13(2)17-9-5-8-16(3)10-11-17/h4,6-7,12H,2,5,8-11H2,1,3H3,(H,15,18)/b7-6-,14-4+. The van der Waals surface area contributed by atoms with Crippen LogP contribution in [0.15, 0.2) is 36.2 Å². The molecule has 4 nitrogen and oxygen atoms in total. The quantitative estimate of drug-likeness (QED) is 0.590. The Balaban J connectivity index is 2.53. The van der Waals surface area contributed by atoms with Crippen molar-refractivity contribution < 1.29 is 4.79 Å². The lowest BCUT2D eigenvalue weighted by Crippen LogP contribution is -2.27. The number of allylic oxidation sites excluding steroid dienone is 3. The smallest absolute Gasteiger partial charge is 0.211 e. The first kappa shape index (κ1) is 14.5. The molecule has 0 aromatic rings. The summed E-state index contributed by atoms with van der Waals surface area (Å²) in [6.07, 6.45) is 7.53. The summed E-state index contributed by atoms with van der Waals surface area (Å²) in [6, 6.07) is 0. The van der Waals surface area contributed by atoms with E-state index in [0.29, 0.717) is 6.41 Å². The third-order valence-corrected chi connectivity index (χ3v) is 3.12. The molecule has 0 saturated carbocycles. The fourth-order valence-electron chi connectivity index (χ4n) is 1.92. The molecule has 0 radical (unpaired) electrons. The molecule has 1 saturated heterocycles. The fraction of sp³-hybridized carbons (Fsp3) is 0.500. The van der Waals surface area contributed by atoms with E-state index in [4.69, 9.17) is 0 Å². The molecule has 1 aliphatic rings. The number of hydrogen-bond acceptors (Lipinski definition) is 3. The van der Waals surface area contributed by atoms with Crippen molar-refractivity contribution in [2.45, 2.75) is 13.3 Å². The van der Waals surface area contributed by atoms with Gasteiger partial charge in [0.25, 0.3) is 0 Å². The maximum atomic E-state index is 10.4. The van der Waals surface area contributed by atoms with E-state index in [2.05, 4.69) is 28.7 Å². The summed E-state index contributed by atoms with van der Waals surface area (Å²) in [4.78, 5) is 15.0. The number of hydrogen-bond donors (Lipinski definition) is 1. The second kappa shape index (κ2) is 7.71. The topological polar surface area (TPSA) is 35.6 Å². The summed E-state index contributed by atoms with van der Waals surface area (Å²) in [5.41, 5.74) is 1.79. The van der Waals surface area contributed by atoms with E-state index in [-0.39, 0.29) is 0 Å². The van der Waals surface area contributed by atoms with Gasteiger partial charge in [-0.15, -0.1) is 0 Å². The van der Waals surface area contributed by atoms with Gasteiger partial charge in [0.2, 0.25) is 6.41 Å². The molecule has 1 heterocycles. The zero-order valence-corrected chi connectivity index (χ0v) is 11.4. The summed E-state index contributed by atoms with van der Waals surface area (Å²) >= 11 is 0. The molecule has 1 rings (SSSR count). The molecule has 0 atom stereocenters. The van der Waals surface area contributed by atoms with E-state index in [0.717, 1.165) is 44.0 Å². The molecular formula is C14H23N3O. The summed E-state index contributed by atoms with van der Waals surface area (Å²) in [5.74, 6) is 0. The maximum Gasteiger partial charge on any atom is 0.211 e. The van der Waals surface area contributed by atoms with Crippen LogP contribution in [0.2, 0.25) is 0 Å². The van der Waals surface area contributed by atoms with Crippen LogP contribution in [-0.2, 0) is 4.79 Å². The summed E-state index contributed by atoms with van der Waals surface area (Å²) in [7, 11) is 2.15. The predicted octanol–water partition coefficient (Wildman–Crippen LogP) is 1.34. The number of carbonyl (C=O) groups is 1. The Morgan fingerprint density at radius 1 is 1.22 bits per heavy atom. The van der Waals surface area contributed by atoms with E-state index in [1.807, 2.05) is 25.2 Å². The molecule has 1 fully saturated rings. The average Bonchev–Trinajstić information content (AvgIpc) is 2.59. The highest BCUT2D eigenvalue weighted by Crippen LogP contribution is 2.09. The molecule has 0 bridgehead atoms. The summed E-state index contributed by atoms with van der Waals surface area (Å²) < 4.78 is 0. The van der Waals surface area contributed by atoms with Gasteiger partial charge in [-0.3, -0.25) is 4.79 Å². The molecular weight excluding hydrogens is 226 g/mol. The van der Waals surface area contributed by atoms with Crippen LogP contribution in [0.25, 0.3) is 0 Å². The van der Waals surface area contributed by atoms with E-state index in [1.54, 1.807) is 0 Å². The van der Waals surface area contributed by atoms with Crippen LogP contribution in [0.4, 0.5) is 0 Å². The minimum Gasteiger partial charge on any atom is -0.371 e. The molecule has 1 aliphatic heterocycles. The molecule has 100 valence electrons. The Bertz CT molecular complexity index is 347. The van der Waals surface area contributed by atoms with Crippen LogP contribution in [0, 0.1) is 0 Å². The molecule has 0 aliphatic carbocycles. The first-order valence-corrected chi connectivity index (χ1v) is 6.34. The average molecular weight is 249 g/mol. The van der Waals surface area contributed by atoms with Gasteiger partial charge < -0.3 is 15.1 Å². The van der Waals surface area contributed by atoms with E-state index < -0.39 is 0 Å². The van der Waals surface area contributed by atoms with E-state index in [1.165, 1.54) is 0 Å². The van der Waals surface area contributed by atoms with Crippen molar-refractivity contribution in [2.75, 3.05) is 33.2 Å². The van der Waals surface area contributed by atoms with Gasteiger partial charge in [0.1, 0.15) is 0 Å². The number of nitrogens with one attached hydrogen (secondary N) is 1. The van der Waals surface area contributed by atoms with Crippen LogP contribution in [0.5, 0.6) is 0 Å². The minimum absolute atomic E-state index is 0.684. The Labute approximate surface area is 110 Å². The van der Waals surface area contributed by atoms with Crippen molar-refractivity contribution in [3.05, 3.63) is 36.2 Å². The first-order valence-electron chi connectivity index (χ1n) is 6.34. The number of nitrogens with zero attached hydrogens (tertiary/aromatic N) is 2. The largest absolute Gasteiger partial charge is 0.371 e. The zero-order chi connectivity index (χ0) is 13.4. The first-order chi connectivity index (χ1) is 8.67. The second-order valence-corrected chi connectivity index (χ2v) is 4.47. The summed E-state index contributed by atoms with van der Waals surface area (Å²) in [5, 5.41) is 2.64. The Hall–Kier alpha value is -1.55. The van der Waals surface area contributed by atoms with Crippen molar-refractivity contribution in [3.63, 3.8) is 0 Å². The van der Waals surface area contributed by atoms with Crippen molar-refractivity contribution in [3.8, 4) is 0 Å². The van der Waals surface area contributed by atoms with Crippen LogP contribution in [0.3, 0.4) is 0 Å². The summed E-state index contributed by atoms with van der Waals surface area (Å²) in [6.45, 7) is 10.2. The van der Waals surface area contributed by atoms with Gasteiger partial charge in [-0.05, 0) is 39.1 Å². The highest BCUT2D eigenvalue weighted by Gasteiger charge is 2.11. The van der Waals surface area contributed by atoms with Crippen molar-refractivity contribution >= 4 is 6.41 Å². The number of amides is 1. The molecule has 0 aromatic heterocycles. The van der Waals surface area contributed by atoms with Gasteiger partial charge in [0.05, 0.1) is 0 Å². The second-order valence-electron chi connectivity index (χ2n) is 4.47.